The van der Waals surface area contributed by atoms with E-state index in [9.17, 15) is 9.00 Å². The lowest BCUT2D eigenvalue weighted by Gasteiger charge is -2.09. The molecule has 0 rings (SSSR count). The highest BCUT2D eigenvalue weighted by molar-refractivity contribution is 7.84. The molecule has 0 radical (unpaired) electrons. The van der Waals surface area contributed by atoms with Crippen LogP contribution >= 0.6 is 0 Å². The second-order valence-electron chi connectivity index (χ2n) is 3.32. The summed E-state index contributed by atoms with van der Waals surface area (Å²) in [6, 6.07) is 0. The maximum atomic E-state index is 11.2. The van der Waals surface area contributed by atoms with E-state index in [1.807, 2.05) is 14.0 Å². The molecule has 84 valence electrons. The van der Waals surface area contributed by atoms with E-state index in [0.29, 0.717) is 13.0 Å². The number of rotatable bonds is 7. The minimum atomic E-state index is -0.861. The lowest BCUT2D eigenvalue weighted by Crippen LogP contribution is -2.32. The summed E-state index contributed by atoms with van der Waals surface area (Å²) in [7, 11) is 1.00. The third-order valence-electron chi connectivity index (χ3n) is 1.98. The minimum Gasteiger partial charge on any atom is -0.355 e. The molecule has 0 bridgehead atoms. The topological polar surface area (TPSA) is 58.2 Å². The molecule has 2 unspecified atom stereocenters. The van der Waals surface area contributed by atoms with Crippen LogP contribution in [0, 0.1) is 0 Å². The highest BCUT2D eigenvalue weighted by Gasteiger charge is 2.07. The molecule has 0 aromatic carbocycles. The van der Waals surface area contributed by atoms with E-state index in [4.69, 9.17) is 0 Å². The van der Waals surface area contributed by atoms with Gasteiger partial charge in [0.05, 0.1) is 0 Å². The van der Waals surface area contributed by atoms with Crippen LogP contribution in [-0.4, -0.2) is 41.8 Å². The van der Waals surface area contributed by atoms with Crippen LogP contribution < -0.4 is 10.6 Å². The van der Waals surface area contributed by atoms with Gasteiger partial charge in [0.2, 0.25) is 5.91 Å². The Morgan fingerprint density at radius 2 is 2.14 bits per heavy atom. The zero-order valence-corrected chi connectivity index (χ0v) is 9.95. The first-order valence-corrected chi connectivity index (χ1v) is 6.43. The van der Waals surface area contributed by atoms with E-state index in [-0.39, 0.29) is 11.2 Å². The fourth-order valence-corrected chi connectivity index (χ4v) is 1.21. The van der Waals surface area contributed by atoms with Crippen molar-refractivity contribution in [2.24, 2.45) is 0 Å². The van der Waals surface area contributed by atoms with Crippen LogP contribution in [0.4, 0.5) is 0 Å². The highest BCUT2D eigenvalue weighted by Crippen LogP contribution is 1.91. The zero-order chi connectivity index (χ0) is 11.0. The average molecular weight is 220 g/mol. The summed E-state index contributed by atoms with van der Waals surface area (Å²) < 4.78 is 11.0. The molecule has 0 aliphatic carbocycles. The van der Waals surface area contributed by atoms with E-state index in [1.54, 1.807) is 6.26 Å². The molecule has 4 nitrogen and oxygen atoms in total. The lowest BCUT2D eigenvalue weighted by molar-refractivity contribution is -0.121. The molecule has 5 heteroatoms. The van der Waals surface area contributed by atoms with Gasteiger partial charge >= 0.3 is 0 Å². The van der Waals surface area contributed by atoms with Crippen molar-refractivity contribution in [3.8, 4) is 0 Å². The van der Waals surface area contributed by atoms with Crippen LogP contribution in [0.5, 0.6) is 0 Å². The van der Waals surface area contributed by atoms with Gasteiger partial charge in [0.1, 0.15) is 0 Å². The van der Waals surface area contributed by atoms with Gasteiger partial charge in [-0.05, 0) is 26.9 Å². The Labute approximate surface area is 88.3 Å². The van der Waals surface area contributed by atoms with E-state index < -0.39 is 10.8 Å². The number of nitrogens with one attached hydrogen (secondary N) is 2. The summed E-state index contributed by atoms with van der Waals surface area (Å²) in [6.07, 6.45) is 3.02. The van der Waals surface area contributed by atoms with Gasteiger partial charge in [0.25, 0.3) is 0 Å². The second kappa shape index (κ2) is 7.94. The van der Waals surface area contributed by atoms with Crippen molar-refractivity contribution in [1.29, 1.82) is 0 Å². The summed E-state index contributed by atoms with van der Waals surface area (Å²) in [4.78, 5) is 11.2. The summed E-state index contributed by atoms with van der Waals surface area (Å²) in [6.45, 7) is 3.22. The third-order valence-corrected chi connectivity index (χ3v) is 3.28. The van der Waals surface area contributed by atoms with Gasteiger partial charge in [0.15, 0.2) is 0 Å². The van der Waals surface area contributed by atoms with Crippen molar-refractivity contribution in [3.05, 3.63) is 0 Å². The number of hydrogen-bond acceptors (Lipinski definition) is 3. The largest absolute Gasteiger partial charge is 0.355 e. The van der Waals surface area contributed by atoms with Crippen molar-refractivity contribution in [3.63, 3.8) is 0 Å². The fraction of sp³-hybridized carbons (Fsp3) is 0.889. The first-order chi connectivity index (χ1) is 6.57. The Kier molecular flexibility index (Phi) is 7.70. The number of carbonyl (C=O) groups is 1. The smallest absolute Gasteiger partial charge is 0.220 e. The maximum Gasteiger partial charge on any atom is 0.220 e. The summed E-state index contributed by atoms with van der Waals surface area (Å²) in [5, 5.41) is 5.77. The molecule has 2 atom stereocenters. The Morgan fingerprint density at radius 3 is 2.64 bits per heavy atom. The SMILES string of the molecule is CNCCCC(=O)NCC(C)S(C)=O. The van der Waals surface area contributed by atoms with Gasteiger partial charge in [-0.3, -0.25) is 9.00 Å². The Bertz CT molecular complexity index is 197. The maximum absolute atomic E-state index is 11.2. The van der Waals surface area contributed by atoms with Crippen LogP contribution in [0.15, 0.2) is 0 Å². The molecule has 0 aliphatic heterocycles. The molecule has 14 heavy (non-hydrogen) atoms. The second-order valence-corrected chi connectivity index (χ2v) is 5.12. The van der Waals surface area contributed by atoms with Gasteiger partial charge in [0, 0.05) is 35.3 Å². The molecule has 1 amide bonds. The molecule has 0 aromatic rings. The monoisotopic (exact) mass is 220 g/mol. The van der Waals surface area contributed by atoms with Crippen LogP contribution in [-0.2, 0) is 15.6 Å². The van der Waals surface area contributed by atoms with E-state index in [2.05, 4.69) is 10.6 Å². The standard InChI is InChI=1S/C9H20N2O2S/c1-8(14(3)13)7-11-9(12)5-4-6-10-2/h8,10H,4-7H2,1-3H3,(H,11,12). The van der Waals surface area contributed by atoms with Crippen molar-refractivity contribution in [2.45, 2.75) is 25.0 Å². The van der Waals surface area contributed by atoms with Crippen molar-refractivity contribution < 1.29 is 9.00 Å². The Morgan fingerprint density at radius 1 is 1.50 bits per heavy atom. The molecular formula is C9H20N2O2S. The quantitative estimate of drug-likeness (QED) is 0.588. The summed E-state index contributed by atoms with van der Waals surface area (Å²) in [5.74, 6) is 0.0394. The lowest BCUT2D eigenvalue weighted by atomic mass is 10.3. The minimum absolute atomic E-state index is 0.0308. The molecule has 0 heterocycles. The Hall–Kier alpha value is -0.420. The molecule has 2 N–H and O–H groups in total. The summed E-state index contributed by atoms with van der Waals surface area (Å²) >= 11 is 0. The molecule has 0 fully saturated rings. The van der Waals surface area contributed by atoms with Gasteiger partial charge in [-0.1, -0.05) is 0 Å². The normalized spacial score (nSPS) is 14.8. The van der Waals surface area contributed by atoms with Crippen molar-refractivity contribution >= 4 is 16.7 Å². The molecule has 0 saturated heterocycles. The third kappa shape index (κ3) is 7.03. The number of hydrogen-bond donors (Lipinski definition) is 2. The van der Waals surface area contributed by atoms with E-state index in [0.717, 1.165) is 13.0 Å². The zero-order valence-electron chi connectivity index (χ0n) is 9.13. The predicted octanol–water partition coefficient (Wildman–Crippen LogP) is -0.131. The van der Waals surface area contributed by atoms with Gasteiger partial charge < -0.3 is 10.6 Å². The number of carbonyl (C=O) groups excluding carboxylic acids is 1. The number of amides is 1. The first kappa shape index (κ1) is 13.6. The van der Waals surface area contributed by atoms with Crippen molar-refractivity contribution in [1.82, 2.24) is 10.6 Å². The van der Waals surface area contributed by atoms with Crippen LogP contribution in [0.1, 0.15) is 19.8 Å². The van der Waals surface area contributed by atoms with Crippen molar-refractivity contribution in [2.75, 3.05) is 26.4 Å². The van der Waals surface area contributed by atoms with E-state index >= 15 is 0 Å². The fourth-order valence-electron chi connectivity index (χ4n) is 0.889. The molecule has 0 spiro atoms. The Balaban J connectivity index is 3.48. The van der Waals surface area contributed by atoms with Gasteiger partial charge in [-0.2, -0.15) is 0 Å². The predicted molar refractivity (Wildman–Crippen MR) is 59.7 cm³/mol. The first-order valence-electron chi connectivity index (χ1n) is 4.81. The molecule has 0 saturated carbocycles. The van der Waals surface area contributed by atoms with Crippen LogP contribution in [0.2, 0.25) is 0 Å². The summed E-state index contributed by atoms with van der Waals surface area (Å²) in [5.41, 5.74) is 0. The van der Waals surface area contributed by atoms with Gasteiger partial charge in [-0.15, -0.1) is 0 Å². The highest BCUT2D eigenvalue weighted by atomic mass is 32.2. The van der Waals surface area contributed by atoms with Crippen LogP contribution in [0.3, 0.4) is 0 Å². The van der Waals surface area contributed by atoms with Crippen LogP contribution in [0.25, 0.3) is 0 Å². The average Bonchev–Trinajstić information content (AvgIpc) is 2.14. The molecule has 0 aromatic heterocycles. The molecule has 0 aliphatic rings. The van der Waals surface area contributed by atoms with E-state index in [1.165, 1.54) is 0 Å². The van der Waals surface area contributed by atoms with Gasteiger partial charge in [-0.25, -0.2) is 0 Å². The molecular weight excluding hydrogens is 200 g/mol.